The Kier molecular flexibility index (Phi) is 1.57. The van der Waals surface area contributed by atoms with Crippen LogP contribution in [-0.4, -0.2) is 15.9 Å². The Morgan fingerprint density at radius 1 is 1.15 bits per heavy atom. The fourth-order valence-electron chi connectivity index (χ4n) is 1.80. The molecule has 0 aliphatic carbocycles. The fraction of sp³-hybridized carbons (Fsp3) is 0.364. The molecule has 0 aromatic rings. The van der Waals surface area contributed by atoms with Crippen molar-refractivity contribution < 1.29 is 4.48 Å². The molecular formula is C11H15N2+. The smallest absolute Gasteiger partial charge is 0.217 e. The zero-order valence-electron chi connectivity index (χ0n) is 8.36. The van der Waals surface area contributed by atoms with Crippen LogP contribution in [0, 0.1) is 0 Å². The first-order valence-corrected chi connectivity index (χ1v) is 4.57. The highest BCUT2D eigenvalue weighted by molar-refractivity contribution is 5.91. The minimum atomic E-state index is 0.132. The molecule has 2 aliphatic heterocycles. The van der Waals surface area contributed by atoms with Crippen LogP contribution in [0.25, 0.3) is 0 Å². The third-order valence-corrected chi connectivity index (χ3v) is 2.68. The highest BCUT2D eigenvalue weighted by atomic mass is 15.4. The topological polar surface area (TPSA) is 12.4 Å². The molecule has 2 aliphatic rings. The van der Waals surface area contributed by atoms with Crippen molar-refractivity contribution in [2.24, 2.45) is 4.99 Å². The number of nitrogens with zero attached hydrogens (tertiary/aromatic N) is 2. The molecule has 0 bridgehead atoms. The third kappa shape index (κ3) is 1.02. The summed E-state index contributed by atoms with van der Waals surface area (Å²) in [5, 5.41) is 0. The van der Waals surface area contributed by atoms with Gasteiger partial charge in [0.1, 0.15) is 17.9 Å². The van der Waals surface area contributed by atoms with Crippen molar-refractivity contribution in [3.63, 3.8) is 0 Å². The van der Waals surface area contributed by atoms with Crippen molar-refractivity contribution in [1.29, 1.82) is 0 Å². The van der Waals surface area contributed by atoms with E-state index in [2.05, 4.69) is 50.3 Å². The lowest BCUT2D eigenvalue weighted by atomic mass is 10.0. The number of amidine groups is 1. The Bertz CT molecular complexity index is 340. The third-order valence-electron chi connectivity index (χ3n) is 2.68. The van der Waals surface area contributed by atoms with Crippen LogP contribution >= 0.6 is 0 Å². The van der Waals surface area contributed by atoms with Gasteiger partial charge in [0.15, 0.2) is 0 Å². The van der Waals surface area contributed by atoms with Gasteiger partial charge >= 0.3 is 0 Å². The zero-order chi connectivity index (χ0) is 9.53. The summed E-state index contributed by atoms with van der Waals surface area (Å²) in [5.74, 6) is 1.11. The van der Waals surface area contributed by atoms with Crippen LogP contribution in [-0.2, 0) is 0 Å². The average Bonchev–Trinajstić information content (AvgIpc) is 2.46. The second-order valence-electron chi connectivity index (χ2n) is 4.43. The summed E-state index contributed by atoms with van der Waals surface area (Å²) in [6.45, 7) is 6.67. The predicted molar refractivity (Wildman–Crippen MR) is 54.9 cm³/mol. The fourth-order valence-corrected chi connectivity index (χ4v) is 1.80. The van der Waals surface area contributed by atoms with Gasteiger partial charge in [-0.25, -0.2) is 4.48 Å². The van der Waals surface area contributed by atoms with E-state index < -0.39 is 0 Å². The average molecular weight is 175 g/mol. The molecule has 2 heterocycles. The molecule has 0 radical (unpaired) electrons. The molecule has 13 heavy (non-hydrogen) atoms. The molecule has 68 valence electrons. The predicted octanol–water partition coefficient (Wildman–Crippen LogP) is 2.57. The Hall–Kier alpha value is -1.15. The van der Waals surface area contributed by atoms with Crippen LogP contribution in [0.2, 0.25) is 0 Å². The Labute approximate surface area is 79.2 Å². The normalized spacial score (nSPS) is 30.5. The van der Waals surface area contributed by atoms with Crippen molar-refractivity contribution in [2.75, 3.05) is 0 Å². The summed E-state index contributed by atoms with van der Waals surface area (Å²) in [6, 6.07) is 0. The molecule has 0 N–H and O–H groups in total. The molecular weight excluding hydrogens is 160 g/mol. The van der Waals surface area contributed by atoms with Crippen molar-refractivity contribution in [3.8, 4) is 0 Å². The Morgan fingerprint density at radius 2 is 1.92 bits per heavy atom. The van der Waals surface area contributed by atoms with Gasteiger partial charge in [-0.15, -0.1) is 0 Å². The van der Waals surface area contributed by atoms with E-state index in [4.69, 9.17) is 0 Å². The van der Waals surface area contributed by atoms with Crippen LogP contribution in [0.1, 0.15) is 20.8 Å². The van der Waals surface area contributed by atoms with Crippen LogP contribution in [0.5, 0.6) is 0 Å². The monoisotopic (exact) mass is 175 g/mol. The molecule has 1 atom stereocenters. The molecule has 0 saturated heterocycles. The Morgan fingerprint density at radius 3 is 2.54 bits per heavy atom. The first-order chi connectivity index (χ1) is 6.06. The summed E-state index contributed by atoms with van der Waals surface area (Å²) in [7, 11) is 0. The first-order valence-electron chi connectivity index (χ1n) is 4.57. The van der Waals surface area contributed by atoms with E-state index in [9.17, 15) is 0 Å². The van der Waals surface area contributed by atoms with Crippen LogP contribution in [0.4, 0.5) is 0 Å². The Balaban J connectivity index is 2.53. The molecule has 0 amide bonds. The van der Waals surface area contributed by atoms with E-state index >= 15 is 0 Å². The number of hydrogen-bond donors (Lipinski definition) is 0. The van der Waals surface area contributed by atoms with Crippen LogP contribution < -0.4 is 0 Å². The first kappa shape index (κ1) is 8.45. The lowest BCUT2D eigenvalue weighted by Crippen LogP contribution is -2.54. The second kappa shape index (κ2) is 2.42. The van der Waals surface area contributed by atoms with Gasteiger partial charge in [0.2, 0.25) is 5.84 Å². The van der Waals surface area contributed by atoms with Gasteiger partial charge < -0.3 is 0 Å². The van der Waals surface area contributed by atoms with Gasteiger partial charge in [-0.2, -0.15) is 4.99 Å². The molecule has 0 aromatic carbocycles. The summed E-state index contributed by atoms with van der Waals surface area (Å²) in [6.07, 6.45) is 12.4. The van der Waals surface area contributed by atoms with E-state index in [-0.39, 0.29) is 5.54 Å². The maximum atomic E-state index is 4.37. The van der Waals surface area contributed by atoms with Gasteiger partial charge in [-0.3, -0.25) is 0 Å². The lowest BCUT2D eigenvalue weighted by Gasteiger charge is -2.40. The van der Waals surface area contributed by atoms with Crippen molar-refractivity contribution in [3.05, 3.63) is 36.8 Å². The maximum Gasteiger partial charge on any atom is 0.237 e. The summed E-state index contributed by atoms with van der Waals surface area (Å²) in [5.41, 5.74) is 0.132. The van der Waals surface area contributed by atoms with E-state index in [0.717, 1.165) is 10.3 Å². The van der Waals surface area contributed by atoms with E-state index in [1.54, 1.807) is 0 Å². The van der Waals surface area contributed by atoms with Crippen LogP contribution in [0.3, 0.4) is 0 Å². The van der Waals surface area contributed by atoms with Gasteiger partial charge in [-0.05, 0) is 32.9 Å². The maximum absolute atomic E-state index is 4.37. The number of allylic oxidation sites excluding steroid dienone is 2. The van der Waals surface area contributed by atoms with Crippen molar-refractivity contribution >= 4 is 5.84 Å². The highest BCUT2D eigenvalue weighted by Crippen LogP contribution is 2.33. The number of hydrogen-bond acceptors (Lipinski definition) is 1. The standard InChI is InChI=1S/C11H15N2/c1-11(2,3)13-8-5-4-6-10(13)12-7-9-13/h4-9H,1-3H3/q+1. The zero-order valence-corrected chi connectivity index (χ0v) is 8.36. The SMILES string of the molecule is CC(C)(C)[N+]12C=CC=CC1=NC=C2. The van der Waals surface area contributed by atoms with Gasteiger partial charge in [0, 0.05) is 6.08 Å². The molecule has 1 unspecified atom stereocenters. The number of rotatable bonds is 0. The summed E-state index contributed by atoms with van der Waals surface area (Å²) in [4.78, 5) is 4.37. The van der Waals surface area contributed by atoms with Gasteiger partial charge in [0.25, 0.3) is 0 Å². The van der Waals surface area contributed by atoms with Gasteiger partial charge in [0.05, 0.1) is 6.20 Å². The van der Waals surface area contributed by atoms with E-state index in [1.807, 2.05) is 12.3 Å². The minimum absolute atomic E-state index is 0.132. The molecule has 2 nitrogen and oxygen atoms in total. The van der Waals surface area contributed by atoms with Crippen molar-refractivity contribution in [2.45, 2.75) is 26.3 Å². The van der Waals surface area contributed by atoms with Gasteiger partial charge in [-0.1, -0.05) is 0 Å². The molecule has 0 aromatic heterocycles. The summed E-state index contributed by atoms with van der Waals surface area (Å²) < 4.78 is 0.740. The van der Waals surface area contributed by atoms with E-state index in [1.165, 1.54) is 0 Å². The second-order valence-corrected chi connectivity index (χ2v) is 4.43. The van der Waals surface area contributed by atoms with Crippen LogP contribution in [0.15, 0.2) is 41.8 Å². The molecule has 0 fully saturated rings. The quantitative estimate of drug-likeness (QED) is 0.502. The van der Waals surface area contributed by atoms with E-state index in [0.29, 0.717) is 0 Å². The highest BCUT2D eigenvalue weighted by Gasteiger charge is 2.44. The number of quaternary nitrogens is 1. The largest absolute Gasteiger partial charge is 0.237 e. The minimum Gasteiger partial charge on any atom is -0.217 e. The molecule has 2 rings (SSSR count). The molecule has 2 heteroatoms. The summed E-state index contributed by atoms with van der Waals surface area (Å²) >= 11 is 0. The lowest BCUT2D eigenvalue weighted by molar-refractivity contribution is -0.785. The number of fused-ring (bicyclic) bond motifs is 1. The number of aliphatic imine (C=N–C) groups is 1. The molecule has 0 saturated carbocycles. The van der Waals surface area contributed by atoms with Crippen molar-refractivity contribution in [1.82, 2.24) is 0 Å². The molecule has 0 spiro atoms.